The van der Waals surface area contributed by atoms with Crippen molar-refractivity contribution in [2.75, 3.05) is 6.54 Å². The van der Waals surface area contributed by atoms with Crippen molar-refractivity contribution < 1.29 is 9.59 Å². The average molecular weight is 313 g/mol. The smallest absolute Gasteiger partial charge is 0.242 e. The van der Waals surface area contributed by atoms with Crippen molar-refractivity contribution in [1.29, 1.82) is 0 Å². The fraction of sp³-hybridized carbons (Fsp3) is 0.444. The van der Waals surface area contributed by atoms with Gasteiger partial charge < -0.3 is 15.2 Å². The van der Waals surface area contributed by atoms with E-state index in [0.717, 1.165) is 29.3 Å². The van der Waals surface area contributed by atoms with Gasteiger partial charge in [-0.15, -0.1) is 0 Å². The van der Waals surface area contributed by atoms with E-state index in [1.807, 2.05) is 30.5 Å². The summed E-state index contributed by atoms with van der Waals surface area (Å²) in [5.41, 5.74) is 2.11. The Morgan fingerprint density at radius 1 is 1.39 bits per heavy atom. The molecule has 0 radical (unpaired) electrons. The summed E-state index contributed by atoms with van der Waals surface area (Å²) in [5, 5.41) is 4.06. The van der Waals surface area contributed by atoms with Gasteiger partial charge in [-0.05, 0) is 24.5 Å². The second kappa shape index (κ2) is 6.86. The quantitative estimate of drug-likeness (QED) is 0.805. The average Bonchev–Trinajstić information content (AvgIpc) is 3.13. The number of carbonyl (C=O) groups is 2. The molecule has 5 heteroatoms. The molecule has 1 aliphatic heterocycles. The Balaban J connectivity index is 1.74. The number of likely N-dealkylation sites (tertiary alicyclic amines) is 1. The van der Waals surface area contributed by atoms with Crippen molar-refractivity contribution >= 4 is 22.7 Å². The number of H-pyrrole nitrogens is 1. The molecule has 0 aliphatic carbocycles. The van der Waals surface area contributed by atoms with Crippen LogP contribution in [0.1, 0.15) is 38.2 Å². The van der Waals surface area contributed by atoms with Crippen molar-refractivity contribution in [2.45, 2.75) is 45.2 Å². The number of hydrogen-bond acceptors (Lipinski definition) is 2. The van der Waals surface area contributed by atoms with Crippen molar-refractivity contribution in [2.24, 2.45) is 0 Å². The number of rotatable bonds is 6. The van der Waals surface area contributed by atoms with E-state index in [-0.39, 0.29) is 17.9 Å². The van der Waals surface area contributed by atoms with E-state index >= 15 is 0 Å². The van der Waals surface area contributed by atoms with E-state index in [1.54, 1.807) is 4.90 Å². The van der Waals surface area contributed by atoms with Crippen LogP contribution < -0.4 is 5.32 Å². The number of unbranched alkanes of at least 4 members (excludes halogenated alkanes) is 1. The molecule has 1 aromatic heterocycles. The maximum Gasteiger partial charge on any atom is 0.242 e. The summed E-state index contributed by atoms with van der Waals surface area (Å²) < 4.78 is 0. The minimum absolute atomic E-state index is 0.0239. The lowest BCUT2D eigenvalue weighted by molar-refractivity contribution is -0.135. The maximum atomic E-state index is 12.4. The first kappa shape index (κ1) is 15.6. The first-order valence-electron chi connectivity index (χ1n) is 8.33. The van der Waals surface area contributed by atoms with Crippen LogP contribution in [0.4, 0.5) is 0 Å². The van der Waals surface area contributed by atoms with E-state index in [0.29, 0.717) is 25.9 Å². The fourth-order valence-electron chi connectivity index (χ4n) is 3.16. The van der Waals surface area contributed by atoms with Gasteiger partial charge in [0.1, 0.15) is 6.04 Å². The predicted octanol–water partition coefficient (Wildman–Crippen LogP) is 2.58. The summed E-state index contributed by atoms with van der Waals surface area (Å²) in [7, 11) is 0. The topological polar surface area (TPSA) is 65.2 Å². The van der Waals surface area contributed by atoms with Crippen LogP contribution in [0.15, 0.2) is 30.5 Å². The largest absolute Gasteiger partial charge is 0.361 e. The third kappa shape index (κ3) is 3.23. The second-order valence-corrected chi connectivity index (χ2v) is 6.08. The lowest BCUT2D eigenvalue weighted by Gasteiger charge is -2.24. The van der Waals surface area contributed by atoms with Gasteiger partial charge in [-0.2, -0.15) is 0 Å². The molecule has 0 spiro atoms. The molecule has 122 valence electrons. The number of benzene rings is 1. The van der Waals surface area contributed by atoms with Gasteiger partial charge in [-0.3, -0.25) is 9.59 Å². The highest BCUT2D eigenvalue weighted by Crippen LogP contribution is 2.25. The summed E-state index contributed by atoms with van der Waals surface area (Å²) >= 11 is 0. The highest BCUT2D eigenvalue weighted by molar-refractivity contribution is 5.91. The van der Waals surface area contributed by atoms with Crippen LogP contribution in [0.25, 0.3) is 10.9 Å². The summed E-state index contributed by atoms with van der Waals surface area (Å²) in [6.07, 6.45) is 5.01. The van der Waals surface area contributed by atoms with Crippen molar-refractivity contribution in [3.8, 4) is 0 Å². The molecule has 1 aliphatic rings. The van der Waals surface area contributed by atoms with E-state index in [9.17, 15) is 9.59 Å². The molecule has 2 N–H and O–H groups in total. The molecular formula is C18H23N3O2. The number of aromatic nitrogens is 1. The van der Waals surface area contributed by atoms with Gasteiger partial charge in [-0.1, -0.05) is 31.5 Å². The normalized spacial score (nSPS) is 17.9. The van der Waals surface area contributed by atoms with Crippen LogP contribution >= 0.6 is 0 Å². The molecule has 0 saturated carbocycles. The van der Waals surface area contributed by atoms with Gasteiger partial charge >= 0.3 is 0 Å². The SMILES string of the molecule is CCCCNC(=O)[C@H]1CCC(=O)N1Cc1c[nH]c2ccccc12. The molecule has 1 aromatic carbocycles. The number of nitrogens with zero attached hydrogens (tertiary/aromatic N) is 1. The van der Waals surface area contributed by atoms with E-state index in [1.165, 1.54) is 0 Å². The zero-order valence-electron chi connectivity index (χ0n) is 13.5. The predicted molar refractivity (Wildman–Crippen MR) is 89.8 cm³/mol. The number of aromatic amines is 1. The van der Waals surface area contributed by atoms with Crippen LogP contribution in [0, 0.1) is 0 Å². The fourth-order valence-corrected chi connectivity index (χ4v) is 3.16. The molecule has 0 unspecified atom stereocenters. The minimum Gasteiger partial charge on any atom is -0.361 e. The Kier molecular flexibility index (Phi) is 4.65. The molecule has 2 heterocycles. The molecular weight excluding hydrogens is 290 g/mol. The van der Waals surface area contributed by atoms with Gasteiger partial charge in [0, 0.05) is 36.6 Å². The Morgan fingerprint density at radius 2 is 2.22 bits per heavy atom. The first-order chi connectivity index (χ1) is 11.2. The van der Waals surface area contributed by atoms with Gasteiger partial charge in [0.15, 0.2) is 0 Å². The van der Waals surface area contributed by atoms with Crippen LogP contribution in [0.2, 0.25) is 0 Å². The van der Waals surface area contributed by atoms with Crippen LogP contribution in [-0.2, 0) is 16.1 Å². The molecule has 2 aromatic rings. The van der Waals surface area contributed by atoms with E-state index < -0.39 is 0 Å². The van der Waals surface area contributed by atoms with Crippen molar-refractivity contribution in [1.82, 2.24) is 15.2 Å². The Morgan fingerprint density at radius 3 is 3.04 bits per heavy atom. The second-order valence-electron chi connectivity index (χ2n) is 6.08. The van der Waals surface area contributed by atoms with Crippen LogP contribution in [0.3, 0.4) is 0 Å². The highest BCUT2D eigenvalue weighted by atomic mass is 16.2. The van der Waals surface area contributed by atoms with Crippen LogP contribution in [0.5, 0.6) is 0 Å². The number of fused-ring (bicyclic) bond motifs is 1. The number of amides is 2. The van der Waals surface area contributed by atoms with E-state index in [2.05, 4.69) is 17.2 Å². The Labute approximate surface area is 136 Å². The monoisotopic (exact) mass is 313 g/mol. The number of nitrogens with one attached hydrogen (secondary N) is 2. The van der Waals surface area contributed by atoms with Gasteiger partial charge in [0.25, 0.3) is 0 Å². The third-order valence-corrected chi connectivity index (χ3v) is 4.48. The number of carbonyl (C=O) groups excluding carboxylic acids is 2. The number of para-hydroxylation sites is 1. The molecule has 3 rings (SSSR count). The summed E-state index contributed by atoms with van der Waals surface area (Å²) in [6.45, 7) is 3.25. The zero-order chi connectivity index (χ0) is 16.2. The minimum atomic E-state index is -0.340. The molecule has 0 bridgehead atoms. The van der Waals surface area contributed by atoms with Gasteiger partial charge in [0.05, 0.1) is 0 Å². The third-order valence-electron chi connectivity index (χ3n) is 4.48. The van der Waals surface area contributed by atoms with Gasteiger partial charge in [0.2, 0.25) is 11.8 Å². The highest BCUT2D eigenvalue weighted by Gasteiger charge is 2.36. The molecule has 23 heavy (non-hydrogen) atoms. The first-order valence-corrected chi connectivity index (χ1v) is 8.33. The molecule has 2 amide bonds. The van der Waals surface area contributed by atoms with Crippen molar-refractivity contribution in [3.63, 3.8) is 0 Å². The lowest BCUT2D eigenvalue weighted by atomic mass is 10.1. The van der Waals surface area contributed by atoms with Gasteiger partial charge in [-0.25, -0.2) is 0 Å². The maximum absolute atomic E-state index is 12.4. The lowest BCUT2D eigenvalue weighted by Crippen LogP contribution is -2.44. The zero-order valence-corrected chi connectivity index (χ0v) is 13.5. The Bertz CT molecular complexity index is 707. The summed E-state index contributed by atoms with van der Waals surface area (Å²) in [5.74, 6) is 0.0371. The van der Waals surface area contributed by atoms with E-state index in [4.69, 9.17) is 0 Å². The van der Waals surface area contributed by atoms with Crippen LogP contribution in [-0.4, -0.2) is 34.3 Å². The summed E-state index contributed by atoms with van der Waals surface area (Å²) in [6, 6.07) is 7.68. The molecule has 5 nitrogen and oxygen atoms in total. The van der Waals surface area contributed by atoms with Crippen molar-refractivity contribution in [3.05, 3.63) is 36.0 Å². The molecule has 1 atom stereocenters. The number of hydrogen-bond donors (Lipinski definition) is 2. The molecule has 1 fully saturated rings. The Hall–Kier alpha value is -2.30. The standard InChI is InChI=1S/C18H23N3O2/c1-2-3-10-19-18(23)16-8-9-17(22)21(16)12-13-11-20-15-7-5-4-6-14(13)15/h4-7,11,16,20H,2-3,8-10,12H2,1H3,(H,19,23)/t16-/m1/s1. The molecule has 1 saturated heterocycles. The summed E-state index contributed by atoms with van der Waals surface area (Å²) in [4.78, 5) is 29.5.